The number of hydrogen-bond donors (Lipinski definition) is 1. The van der Waals surface area contributed by atoms with Crippen LogP contribution in [0.4, 0.5) is 4.39 Å². The summed E-state index contributed by atoms with van der Waals surface area (Å²) < 4.78 is 14.8. The zero-order valence-electron chi connectivity index (χ0n) is 8.95. The van der Waals surface area contributed by atoms with Crippen LogP contribution in [0, 0.1) is 5.92 Å². The SMILES string of the molecule is NCC(F)(c1ccccc1)C1CCCC1. The predicted octanol–water partition coefficient (Wildman–Crippen LogP) is 3.00. The molecular weight excluding hydrogens is 189 g/mol. The van der Waals surface area contributed by atoms with Crippen LogP contribution in [0.25, 0.3) is 0 Å². The Morgan fingerprint density at radius 2 is 1.80 bits per heavy atom. The van der Waals surface area contributed by atoms with Crippen molar-refractivity contribution in [2.24, 2.45) is 11.7 Å². The molecule has 1 fully saturated rings. The average molecular weight is 207 g/mol. The Kier molecular flexibility index (Phi) is 3.06. The molecule has 82 valence electrons. The van der Waals surface area contributed by atoms with E-state index in [0.29, 0.717) is 0 Å². The molecule has 2 N–H and O–H groups in total. The zero-order valence-corrected chi connectivity index (χ0v) is 8.95. The summed E-state index contributed by atoms with van der Waals surface area (Å²) >= 11 is 0. The lowest BCUT2D eigenvalue weighted by Crippen LogP contribution is -2.37. The Morgan fingerprint density at radius 3 is 2.33 bits per heavy atom. The number of benzene rings is 1. The first kappa shape index (κ1) is 10.6. The highest BCUT2D eigenvalue weighted by Gasteiger charge is 2.40. The van der Waals surface area contributed by atoms with Gasteiger partial charge in [0.25, 0.3) is 0 Å². The maximum atomic E-state index is 14.8. The number of hydrogen-bond acceptors (Lipinski definition) is 1. The van der Waals surface area contributed by atoms with Crippen molar-refractivity contribution >= 4 is 0 Å². The molecule has 1 aromatic rings. The van der Waals surface area contributed by atoms with Gasteiger partial charge in [0.05, 0.1) is 0 Å². The minimum absolute atomic E-state index is 0.0989. The lowest BCUT2D eigenvalue weighted by atomic mass is 9.82. The topological polar surface area (TPSA) is 26.0 Å². The molecule has 0 saturated heterocycles. The van der Waals surface area contributed by atoms with E-state index < -0.39 is 5.67 Å². The van der Waals surface area contributed by atoms with Crippen LogP contribution >= 0.6 is 0 Å². The molecule has 0 radical (unpaired) electrons. The van der Waals surface area contributed by atoms with E-state index >= 15 is 0 Å². The van der Waals surface area contributed by atoms with E-state index in [1.165, 1.54) is 0 Å². The van der Waals surface area contributed by atoms with Gasteiger partial charge in [-0.3, -0.25) is 0 Å². The van der Waals surface area contributed by atoms with E-state index in [-0.39, 0.29) is 12.5 Å². The third kappa shape index (κ3) is 1.91. The fourth-order valence-electron chi connectivity index (χ4n) is 2.62. The molecule has 1 atom stereocenters. The van der Waals surface area contributed by atoms with Gasteiger partial charge >= 0.3 is 0 Å². The number of nitrogens with two attached hydrogens (primary N) is 1. The van der Waals surface area contributed by atoms with Crippen LogP contribution in [0.15, 0.2) is 30.3 Å². The van der Waals surface area contributed by atoms with Gasteiger partial charge in [-0.1, -0.05) is 43.2 Å². The number of rotatable bonds is 3. The maximum Gasteiger partial charge on any atom is 0.150 e. The van der Waals surface area contributed by atoms with Crippen molar-refractivity contribution in [3.05, 3.63) is 35.9 Å². The van der Waals surface area contributed by atoms with Crippen molar-refractivity contribution in [1.82, 2.24) is 0 Å². The molecular formula is C13H18FN. The summed E-state index contributed by atoms with van der Waals surface area (Å²) in [5.74, 6) is 0.116. The van der Waals surface area contributed by atoms with E-state index in [1.807, 2.05) is 30.3 Å². The van der Waals surface area contributed by atoms with Crippen LogP contribution in [-0.4, -0.2) is 6.54 Å². The van der Waals surface area contributed by atoms with Crippen molar-refractivity contribution in [3.63, 3.8) is 0 Å². The Balaban J connectivity index is 2.28. The van der Waals surface area contributed by atoms with Gasteiger partial charge in [-0.15, -0.1) is 0 Å². The summed E-state index contributed by atoms with van der Waals surface area (Å²) in [4.78, 5) is 0. The lowest BCUT2D eigenvalue weighted by molar-refractivity contribution is 0.0910. The minimum atomic E-state index is -1.31. The van der Waals surface area contributed by atoms with Crippen molar-refractivity contribution in [2.75, 3.05) is 6.54 Å². The van der Waals surface area contributed by atoms with Crippen molar-refractivity contribution in [2.45, 2.75) is 31.4 Å². The standard InChI is InChI=1S/C13H18FN/c14-13(10-15,12-8-4-5-9-12)11-6-2-1-3-7-11/h1-3,6-7,12H,4-5,8-10,15H2. The largest absolute Gasteiger partial charge is 0.327 e. The summed E-state index contributed by atoms with van der Waals surface area (Å²) in [5.41, 5.74) is 5.09. The molecule has 0 amide bonds. The van der Waals surface area contributed by atoms with Gasteiger partial charge in [-0.05, 0) is 24.3 Å². The summed E-state index contributed by atoms with van der Waals surface area (Å²) in [6, 6.07) is 9.38. The molecule has 2 heteroatoms. The van der Waals surface area contributed by atoms with Gasteiger partial charge in [0, 0.05) is 6.54 Å². The molecule has 0 heterocycles. The van der Waals surface area contributed by atoms with E-state index in [1.54, 1.807) is 0 Å². The normalized spacial score (nSPS) is 21.5. The Morgan fingerprint density at radius 1 is 1.20 bits per heavy atom. The van der Waals surface area contributed by atoms with Crippen molar-refractivity contribution < 1.29 is 4.39 Å². The summed E-state index contributed by atoms with van der Waals surface area (Å²) in [6.45, 7) is 0.0989. The fraction of sp³-hybridized carbons (Fsp3) is 0.538. The van der Waals surface area contributed by atoms with Gasteiger partial charge < -0.3 is 5.73 Å². The third-order valence-corrected chi connectivity index (χ3v) is 3.55. The van der Waals surface area contributed by atoms with Crippen LogP contribution in [0.2, 0.25) is 0 Å². The second kappa shape index (κ2) is 4.31. The molecule has 0 aromatic heterocycles. The van der Waals surface area contributed by atoms with E-state index in [2.05, 4.69) is 0 Å². The first-order chi connectivity index (χ1) is 7.27. The maximum absolute atomic E-state index is 14.8. The van der Waals surface area contributed by atoms with Gasteiger partial charge in [-0.25, -0.2) is 4.39 Å². The van der Waals surface area contributed by atoms with Gasteiger partial charge in [0.1, 0.15) is 0 Å². The van der Waals surface area contributed by atoms with Crippen molar-refractivity contribution in [1.29, 1.82) is 0 Å². The molecule has 15 heavy (non-hydrogen) atoms. The van der Waals surface area contributed by atoms with Crippen LogP contribution in [-0.2, 0) is 5.67 Å². The predicted molar refractivity (Wildman–Crippen MR) is 60.2 cm³/mol. The highest BCUT2D eigenvalue weighted by atomic mass is 19.1. The van der Waals surface area contributed by atoms with Crippen LogP contribution in [0.5, 0.6) is 0 Å². The molecule has 1 aliphatic rings. The molecule has 1 nitrogen and oxygen atoms in total. The molecule has 0 bridgehead atoms. The fourth-order valence-corrected chi connectivity index (χ4v) is 2.62. The Hall–Kier alpha value is -0.890. The first-order valence-corrected chi connectivity index (χ1v) is 5.72. The van der Waals surface area contributed by atoms with E-state index in [0.717, 1.165) is 31.2 Å². The van der Waals surface area contributed by atoms with Gasteiger partial charge in [0.2, 0.25) is 0 Å². The molecule has 2 rings (SSSR count). The highest BCUT2D eigenvalue weighted by Crippen LogP contribution is 2.42. The van der Waals surface area contributed by atoms with Crippen LogP contribution in [0.3, 0.4) is 0 Å². The summed E-state index contributed by atoms with van der Waals surface area (Å²) in [7, 11) is 0. The minimum Gasteiger partial charge on any atom is -0.327 e. The third-order valence-electron chi connectivity index (χ3n) is 3.55. The van der Waals surface area contributed by atoms with Crippen LogP contribution < -0.4 is 5.73 Å². The first-order valence-electron chi connectivity index (χ1n) is 5.72. The molecule has 0 aliphatic heterocycles. The van der Waals surface area contributed by atoms with Crippen LogP contribution in [0.1, 0.15) is 31.2 Å². The highest BCUT2D eigenvalue weighted by molar-refractivity contribution is 5.24. The molecule has 0 spiro atoms. The van der Waals surface area contributed by atoms with Gasteiger partial charge in [-0.2, -0.15) is 0 Å². The number of alkyl halides is 1. The molecule has 1 aliphatic carbocycles. The Bertz CT molecular complexity index is 306. The number of halogens is 1. The quantitative estimate of drug-likeness (QED) is 0.810. The zero-order chi connectivity index (χ0) is 10.7. The smallest absolute Gasteiger partial charge is 0.150 e. The summed E-state index contributed by atoms with van der Waals surface area (Å²) in [5, 5.41) is 0. The van der Waals surface area contributed by atoms with Crippen molar-refractivity contribution in [3.8, 4) is 0 Å². The Labute approximate surface area is 90.5 Å². The molecule has 1 aromatic carbocycles. The monoisotopic (exact) mass is 207 g/mol. The second-order valence-corrected chi connectivity index (χ2v) is 4.41. The second-order valence-electron chi connectivity index (χ2n) is 4.41. The van der Waals surface area contributed by atoms with E-state index in [9.17, 15) is 4.39 Å². The molecule has 1 unspecified atom stereocenters. The summed E-state index contributed by atoms with van der Waals surface area (Å²) in [6.07, 6.45) is 4.23. The van der Waals surface area contributed by atoms with Gasteiger partial charge in [0.15, 0.2) is 5.67 Å². The molecule has 1 saturated carbocycles. The average Bonchev–Trinajstić information content (AvgIpc) is 2.83. The van der Waals surface area contributed by atoms with E-state index in [4.69, 9.17) is 5.73 Å². The lowest BCUT2D eigenvalue weighted by Gasteiger charge is -2.30.